The smallest absolute Gasteiger partial charge is 0.258 e. The van der Waals surface area contributed by atoms with Crippen LogP contribution in [0.25, 0.3) is 0 Å². The number of nitrogens with one attached hydrogen (secondary N) is 1. The number of hydrogen-bond donors (Lipinski definition) is 1. The molecule has 0 radical (unpaired) electrons. The molecule has 31 heavy (non-hydrogen) atoms. The Morgan fingerprint density at radius 3 is 2.39 bits per heavy atom. The van der Waals surface area contributed by atoms with Gasteiger partial charge in [-0.05, 0) is 57.4 Å². The van der Waals surface area contributed by atoms with E-state index in [-0.39, 0.29) is 11.9 Å². The van der Waals surface area contributed by atoms with E-state index < -0.39 is 5.66 Å². The third kappa shape index (κ3) is 4.15. The minimum absolute atomic E-state index is 0.0180. The summed E-state index contributed by atoms with van der Waals surface area (Å²) in [5, 5.41) is 3.63. The van der Waals surface area contributed by atoms with Gasteiger partial charge in [-0.2, -0.15) is 0 Å². The van der Waals surface area contributed by atoms with Gasteiger partial charge in [0.25, 0.3) is 5.91 Å². The maximum atomic E-state index is 13.4. The fourth-order valence-corrected chi connectivity index (χ4v) is 4.48. The van der Waals surface area contributed by atoms with Crippen molar-refractivity contribution in [2.24, 2.45) is 0 Å². The summed E-state index contributed by atoms with van der Waals surface area (Å²) in [6.07, 6.45) is 1.90. The average Bonchev–Trinajstić information content (AvgIpc) is 2.77. The maximum Gasteiger partial charge on any atom is 0.258 e. The lowest BCUT2D eigenvalue weighted by atomic mass is 9.91. The molecule has 1 heterocycles. The Balaban J connectivity index is 1.60. The highest BCUT2D eigenvalue weighted by atomic mass is 16.5. The van der Waals surface area contributed by atoms with Crippen LogP contribution >= 0.6 is 0 Å². The highest BCUT2D eigenvalue weighted by Crippen LogP contribution is 2.42. The number of aryl methyl sites for hydroxylation is 1. The van der Waals surface area contributed by atoms with E-state index in [4.69, 9.17) is 4.74 Å². The summed E-state index contributed by atoms with van der Waals surface area (Å²) in [6.45, 7) is 6.78. The third-order valence-electron chi connectivity index (χ3n) is 5.87. The number of benzene rings is 3. The molecule has 0 aliphatic carbocycles. The first-order valence-corrected chi connectivity index (χ1v) is 11.0. The topological polar surface area (TPSA) is 41.6 Å². The Morgan fingerprint density at radius 1 is 0.935 bits per heavy atom. The summed E-state index contributed by atoms with van der Waals surface area (Å²) in [5.74, 6) is 0.842. The quantitative estimate of drug-likeness (QED) is 0.493. The number of rotatable bonds is 7. The molecular weight excluding hydrogens is 384 g/mol. The van der Waals surface area contributed by atoms with E-state index in [1.54, 1.807) is 0 Å². The van der Waals surface area contributed by atoms with Crippen molar-refractivity contribution < 1.29 is 9.53 Å². The minimum Gasteiger partial charge on any atom is -0.493 e. The second kappa shape index (κ2) is 8.84. The number of ether oxygens (including phenoxy) is 1. The van der Waals surface area contributed by atoms with Crippen LogP contribution in [-0.2, 0) is 12.1 Å². The molecule has 0 spiro atoms. The summed E-state index contributed by atoms with van der Waals surface area (Å²) in [4.78, 5) is 15.3. The molecule has 0 aromatic heterocycles. The second-order valence-corrected chi connectivity index (χ2v) is 8.45. The number of hydrogen-bond acceptors (Lipinski definition) is 3. The molecule has 1 aliphatic rings. The molecule has 1 aliphatic heterocycles. The van der Waals surface area contributed by atoms with Crippen molar-refractivity contribution >= 4 is 11.6 Å². The highest BCUT2D eigenvalue weighted by Gasteiger charge is 2.45. The molecule has 160 valence electrons. The normalized spacial score (nSPS) is 17.9. The Morgan fingerprint density at radius 2 is 1.61 bits per heavy atom. The molecule has 0 saturated carbocycles. The largest absolute Gasteiger partial charge is 0.493 e. The van der Waals surface area contributed by atoms with Crippen LogP contribution in [0.1, 0.15) is 48.7 Å². The van der Waals surface area contributed by atoms with Crippen molar-refractivity contribution in [1.82, 2.24) is 4.90 Å². The summed E-state index contributed by atoms with van der Waals surface area (Å²) in [6, 6.07) is 26.2. The van der Waals surface area contributed by atoms with Gasteiger partial charge in [-0.15, -0.1) is 0 Å². The fourth-order valence-electron chi connectivity index (χ4n) is 4.48. The molecule has 4 rings (SSSR count). The van der Waals surface area contributed by atoms with Gasteiger partial charge >= 0.3 is 0 Å². The Bertz CT molecular complexity index is 1050. The van der Waals surface area contributed by atoms with Gasteiger partial charge in [-0.1, -0.05) is 60.7 Å². The van der Waals surface area contributed by atoms with Gasteiger partial charge in [-0.3, -0.25) is 4.79 Å². The van der Waals surface area contributed by atoms with E-state index in [1.165, 1.54) is 5.56 Å². The monoisotopic (exact) mass is 414 g/mol. The van der Waals surface area contributed by atoms with Crippen molar-refractivity contribution in [3.8, 4) is 5.75 Å². The van der Waals surface area contributed by atoms with E-state index in [2.05, 4.69) is 56.4 Å². The molecule has 3 aromatic carbocycles. The first-order valence-electron chi connectivity index (χ1n) is 11.0. The van der Waals surface area contributed by atoms with Gasteiger partial charge < -0.3 is 15.0 Å². The lowest BCUT2D eigenvalue weighted by molar-refractivity contribution is 0.0426. The van der Waals surface area contributed by atoms with Crippen molar-refractivity contribution in [3.63, 3.8) is 0 Å². The van der Waals surface area contributed by atoms with Crippen LogP contribution in [0.15, 0.2) is 78.9 Å². The second-order valence-electron chi connectivity index (χ2n) is 8.45. The number of nitrogens with zero attached hydrogens (tertiary/aromatic N) is 1. The number of anilines is 1. The van der Waals surface area contributed by atoms with E-state index in [0.29, 0.717) is 12.2 Å². The molecule has 1 amide bonds. The van der Waals surface area contributed by atoms with Gasteiger partial charge in [0.05, 0.1) is 12.2 Å². The van der Waals surface area contributed by atoms with Crippen LogP contribution in [0.4, 0.5) is 5.69 Å². The van der Waals surface area contributed by atoms with Crippen molar-refractivity contribution in [2.75, 3.05) is 11.9 Å². The first-order chi connectivity index (χ1) is 15.0. The standard InChI is InChI=1S/C27H30N2O2/c1-20(2)29-26(30)22-15-7-9-17-24(22)28-27(29,3)23-16-8-10-18-25(23)31-19-11-14-21-12-5-4-6-13-21/h4-10,12-13,15-18,20,28H,11,14,19H2,1-3H3. The van der Waals surface area contributed by atoms with Crippen LogP contribution < -0.4 is 10.1 Å². The first kappa shape index (κ1) is 21.0. The molecule has 0 fully saturated rings. The fraction of sp³-hybridized carbons (Fsp3) is 0.296. The zero-order valence-electron chi connectivity index (χ0n) is 18.5. The lowest BCUT2D eigenvalue weighted by Crippen LogP contribution is -2.58. The van der Waals surface area contributed by atoms with E-state index >= 15 is 0 Å². The van der Waals surface area contributed by atoms with Gasteiger partial charge in [0, 0.05) is 17.3 Å². The van der Waals surface area contributed by atoms with Crippen molar-refractivity contribution in [2.45, 2.75) is 45.3 Å². The van der Waals surface area contributed by atoms with Gasteiger partial charge in [0.1, 0.15) is 11.4 Å². The summed E-state index contributed by atoms with van der Waals surface area (Å²) in [7, 11) is 0. The molecule has 1 N–H and O–H groups in total. The van der Waals surface area contributed by atoms with Crippen molar-refractivity contribution in [3.05, 3.63) is 95.6 Å². The van der Waals surface area contributed by atoms with Gasteiger partial charge in [0.2, 0.25) is 0 Å². The SMILES string of the molecule is CC(C)N1C(=O)c2ccccc2NC1(C)c1ccccc1OCCCc1ccccc1. The summed E-state index contributed by atoms with van der Waals surface area (Å²) < 4.78 is 6.25. The Kier molecular flexibility index (Phi) is 5.99. The van der Waals surface area contributed by atoms with E-state index in [9.17, 15) is 4.79 Å². The third-order valence-corrected chi connectivity index (χ3v) is 5.87. The van der Waals surface area contributed by atoms with E-state index in [0.717, 1.165) is 29.8 Å². The molecule has 4 nitrogen and oxygen atoms in total. The van der Waals surface area contributed by atoms with Crippen LogP contribution in [0.3, 0.4) is 0 Å². The zero-order valence-corrected chi connectivity index (χ0v) is 18.5. The number of carbonyl (C=O) groups is 1. The Labute approximate surface area is 184 Å². The predicted octanol–water partition coefficient (Wildman–Crippen LogP) is 5.85. The zero-order chi connectivity index (χ0) is 21.8. The molecule has 1 unspecified atom stereocenters. The van der Waals surface area contributed by atoms with Crippen LogP contribution in [0.5, 0.6) is 5.75 Å². The van der Waals surface area contributed by atoms with E-state index in [1.807, 2.05) is 53.4 Å². The molecule has 3 aromatic rings. The van der Waals surface area contributed by atoms with Gasteiger partial charge in [-0.25, -0.2) is 0 Å². The number of carbonyl (C=O) groups excluding carboxylic acids is 1. The Hall–Kier alpha value is -3.27. The lowest BCUT2D eigenvalue weighted by Gasteiger charge is -2.49. The van der Waals surface area contributed by atoms with Gasteiger partial charge in [0.15, 0.2) is 0 Å². The van der Waals surface area contributed by atoms with Crippen LogP contribution in [0.2, 0.25) is 0 Å². The molecule has 0 saturated heterocycles. The molecular formula is C27H30N2O2. The molecule has 0 bridgehead atoms. The molecule has 1 atom stereocenters. The highest BCUT2D eigenvalue weighted by molar-refractivity contribution is 6.02. The molecule has 4 heteroatoms. The predicted molar refractivity (Wildman–Crippen MR) is 125 cm³/mol. The summed E-state index contributed by atoms with van der Waals surface area (Å²) in [5.41, 5.74) is 3.12. The van der Waals surface area contributed by atoms with Crippen molar-refractivity contribution in [1.29, 1.82) is 0 Å². The number of para-hydroxylation sites is 2. The summed E-state index contributed by atoms with van der Waals surface area (Å²) >= 11 is 0. The van der Waals surface area contributed by atoms with Crippen LogP contribution in [0, 0.1) is 0 Å². The van der Waals surface area contributed by atoms with Crippen LogP contribution in [-0.4, -0.2) is 23.5 Å². The number of fused-ring (bicyclic) bond motifs is 1. The number of amides is 1. The average molecular weight is 415 g/mol. The minimum atomic E-state index is -0.713. The maximum absolute atomic E-state index is 13.4.